The number of piperidine rings is 1. The number of hydrogen-bond donors (Lipinski definition) is 2. The Balaban J connectivity index is 1.33. The number of nitrogens with zero attached hydrogens (tertiary/aromatic N) is 1. The summed E-state index contributed by atoms with van der Waals surface area (Å²) in [5, 5.41) is 3.85. The highest BCUT2D eigenvalue weighted by Crippen LogP contribution is 2.27. The first-order chi connectivity index (χ1) is 18.3. The fraction of sp³-hybridized carbons (Fsp3) is 0.269. The van der Waals surface area contributed by atoms with Gasteiger partial charge in [-0.25, -0.2) is 21.1 Å². The lowest BCUT2D eigenvalue weighted by molar-refractivity contribution is -0.120. The third-order valence-electron chi connectivity index (χ3n) is 6.43. The summed E-state index contributed by atoms with van der Waals surface area (Å²) in [5.74, 6) is -0.834. The minimum Gasteiger partial charge on any atom is -0.326 e. The van der Waals surface area contributed by atoms with Crippen LogP contribution in [0.2, 0.25) is 15.1 Å². The number of rotatable bonds is 8. The summed E-state index contributed by atoms with van der Waals surface area (Å²) in [7, 11) is -7.45. The molecule has 0 atom stereocenters. The molecule has 1 aliphatic heterocycles. The fourth-order valence-electron chi connectivity index (χ4n) is 4.20. The van der Waals surface area contributed by atoms with Crippen molar-refractivity contribution in [1.82, 2.24) is 4.31 Å². The second kappa shape index (κ2) is 12.0. The van der Waals surface area contributed by atoms with Crippen molar-refractivity contribution >= 4 is 72.1 Å². The lowest BCUT2D eigenvalue weighted by Crippen LogP contribution is -2.41. The number of aryl methyl sites for hydroxylation is 1. The molecule has 2 N–H and O–H groups in total. The maximum atomic E-state index is 12.9. The minimum absolute atomic E-state index is 0.0281. The van der Waals surface area contributed by atoms with Crippen molar-refractivity contribution in [2.24, 2.45) is 5.92 Å². The highest BCUT2D eigenvalue weighted by Gasteiger charge is 2.31. The van der Waals surface area contributed by atoms with Gasteiger partial charge in [0.25, 0.3) is 10.0 Å². The van der Waals surface area contributed by atoms with Crippen LogP contribution in [-0.2, 0) is 30.6 Å². The van der Waals surface area contributed by atoms with Crippen LogP contribution in [0.4, 0.5) is 11.4 Å². The van der Waals surface area contributed by atoms with Crippen LogP contribution in [0.1, 0.15) is 24.0 Å². The van der Waals surface area contributed by atoms with Gasteiger partial charge in [-0.05, 0) is 79.4 Å². The highest BCUT2D eigenvalue weighted by molar-refractivity contribution is 7.92. The molecule has 1 fully saturated rings. The number of carbonyl (C=O) groups is 1. The SMILES string of the molecule is Cc1ccc(Cl)cc1NS(=O)(=O)c1ccc(NC(=O)C2CCN(S(=O)(=O)Cc3ccc(Cl)c(Cl)c3)CC2)cc1. The average Bonchev–Trinajstić information content (AvgIpc) is 2.88. The van der Waals surface area contributed by atoms with Crippen molar-refractivity contribution in [1.29, 1.82) is 0 Å². The number of halogens is 3. The van der Waals surface area contributed by atoms with E-state index in [0.29, 0.717) is 39.8 Å². The molecule has 3 aromatic carbocycles. The first kappa shape index (κ1) is 29.6. The predicted octanol–water partition coefficient (Wildman–Crippen LogP) is 5.94. The van der Waals surface area contributed by atoms with E-state index in [1.54, 1.807) is 31.2 Å². The van der Waals surface area contributed by atoms with Crippen molar-refractivity contribution in [3.63, 3.8) is 0 Å². The van der Waals surface area contributed by atoms with Crippen molar-refractivity contribution < 1.29 is 21.6 Å². The van der Waals surface area contributed by atoms with E-state index in [4.69, 9.17) is 34.8 Å². The number of anilines is 2. The van der Waals surface area contributed by atoms with Gasteiger partial charge >= 0.3 is 0 Å². The molecular weight excluding hydrogens is 605 g/mol. The summed E-state index contributed by atoms with van der Waals surface area (Å²) in [6.45, 7) is 2.20. The normalized spacial score (nSPS) is 15.2. The maximum absolute atomic E-state index is 12.9. The van der Waals surface area contributed by atoms with Crippen molar-refractivity contribution in [3.8, 4) is 0 Å². The summed E-state index contributed by atoms with van der Waals surface area (Å²) < 4.78 is 55.2. The highest BCUT2D eigenvalue weighted by atomic mass is 35.5. The van der Waals surface area contributed by atoms with Crippen molar-refractivity contribution in [2.45, 2.75) is 30.4 Å². The summed E-state index contributed by atoms with van der Waals surface area (Å²) in [5.41, 5.74) is 2.07. The van der Waals surface area contributed by atoms with Crippen LogP contribution >= 0.6 is 34.8 Å². The van der Waals surface area contributed by atoms with Crippen LogP contribution in [0.25, 0.3) is 0 Å². The van der Waals surface area contributed by atoms with E-state index in [1.807, 2.05) is 0 Å². The molecule has 1 aliphatic rings. The van der Waals surface area contributed by atoms with Gasteiger partial charge in [-0.1, -0.05) is 46.9 Å². The van der Waals surface area contributed by atoms with Gasteiger partial charge < -0.3 is 5.32 Å². The molecule has 0 unspecified atom stereocenters. The second-order valence-electron chi connectivity index (χ2n) is 9.26. The van der Waals surface area contributed by atoms with E-state index in [-0.39, 0.29) is 40.6 Å². The number of hydrogen-bond acceptors (Lipinski definition) is 5. The monoisotopic (exact) mass is 629 g/mol. The lowest BCUT2D eigenvalue weighted by Gasteiger charge is -2.30. The smallest absolute Gasteiger partial charge is 0.261 e. The van der Waals surface area contributed by atoms with E-state index in [2.05, 4.69) is 10.0 Å². The molecule has 1 heterocycles. The fourth-order valence-corrected chi connectivity index (χ4v) is 7.36. The molecule has 39 heavy (non-hydrogen) atoms. The van der Waals surface area contributed by atoms with Crippen LogP contribution in [-0.4, -0.2) is 40.1 Å². The molecule has 3 aromatic rings. The number of amides is 1. The lowest BCUT2D eigenvalue weighted by atomic mass is 9.97. The largest absolute Gasteiger partial charge is 0.326 e. The van der Waals surface area contributed by atoms with Gasteiger partial charge in [0.05, 0.1) is 26.4 Å². The summed E-state index contributed by atoms with van der Waals surface area (Å²) >= 11 is 17.9. The van der Waals surface area contributed by atoms with Gasteiger partial charge in [0.1, 0.15) is 0 Å². The number of sulfonamides is 2. The zero-order chi connectivity index (χ0) is 28.4. The topological polar surface area (TPSA) is 113 Å². The Morgan fingerprint density at radius 3 is 2.21 bits per heavy atom. The maximum Gasteiger partial charge on any atom is 0.261 e. The first-order valence-corrected chi connectivity index (χ1v) is 16.2. The Kier molecular flexibility index (Phi) is 9.15. The third kappa shape index (κ3) is 7.45. The van der Waals surface area contributed by atoms with Crippen LogP contribution in [0.3, 0.4) is 0 Å². The van der Waals surface area contributed by atoms with Gasteiger partial charge in [0.15, 0.2) is 0 Å². The molecule has 0 radical (unpaired) electrons. The molecule has 13 heteroatoms. The number of benzene rings is 3. The van der Waals surface area contributed by atoms with Gasteiger partial charge in [0.2, 0.25) is 15.9 Å². The molecule has 0 aliphatic carbocycles. The Hall–Kier alpha value is -2.34. The summed E-state index contributed by atoms with van der Waals surface area (Å²) in [6, 6.07) is 15.5. The zero-order valence-electron chi connectivity index (χ0n) is 20.8. The number of nitrogens with one attached hydrogen (secondary N) is 2. The third-order valence-corrected chi connectivity index (χ3v) is 10.6. The van der Waals surface area contributed by atoms with Crippen LogP contribution < -0.4 is 10.0 Å². The Morgan fingerprint density at radius 2 is 1.56 bits per heavy atom. The quantitative estimate of drug-likeness (QED) is 0.320. The molecule has 0 spiro atoms. The molecule has 1 amide bonds. The Labute approximate surface area is 243 Å². The molecule has 208 valence electrons. The summed E-state index contributed by atoms with van der Waals surface area (Å²) in [4.78, 5) is 12.9. The molecule has 0 aromatic heterocycles. The van der Waals surface area contributed by atoms with Gasteiger partial charge in [-0.3, -0.25) is 9.52 Å². The number of carbonyl (C=O) groups excluding carboxylic acids is 1. The average molecular weight is 631 g/mol. The predicted molar refractivity (Wildman–Crippen MR) is 155 cm³/mol. The van der Waals surface area contributed by atoms with Crippen LogP contribution in [0, 0.1) is 12.8 Å². The molecule has 0 saturated carbocycles. The molecule has 0 bridgehead atoms. The van der Waals surface area contributed by atoms with Crippen molar-refractivity contribution in [2.75, 3.05) is 23.1 Å². The van der Waals surface area contributed by atoms with Gasteiger partial charge in [-0.2, -0.15) is 0 Å². The Morgan fingerprint density at radius 1 is 0.897 bits per heavy atom. The van der Waals surface area contributed by atoms with Crippen LogP contribution in [0.5, 0.6) is 0 Å². The van der Waals surface area contributed by atoms with Gasteiger partial charge in [-0.15, -0.1) is 0 Å². The summed E-state index contributed by atoms with van der Waals surface area (Å²) in [6.07, 6.45) is 0.726. The van der Waals surface area contributed by atoms with E-state index in [0.717, 1.165) is 5.56 Å². The standard InChI is InChI=1S/C26H26Cl3N3O5S2/c1-17-2-4-20(27)15-25(17)31-39(36,37)22-7-5-21(6-8-22)30-26(33)19-10-12-32(13-11-19)38(34,35)16-18-3-9-23(28)24(29)14-18/h2-9,14-15,19,31H,10-13,16H2,1H3,(H,30,33). The Bertz CT molecular complexity index is 1590. The van der Waals surface area contributed by atoms with Crippen molar-refractivity contribution in [3.05, 3.63) is 86.9 Å². The van der Waals surface area contributed by atoms with E-state index in [1.165, 1.54) is 40.7 Å². The van der Waals surface area contributed by atoms with E-state index >= 15 is 0 Å². The van der Waals surface area contributed by atoms with E-state index in [9.17, 15) is 21.6 Å². The minimum atomic E-state index is -3.86. The molecule has 1 saturated heterocycles. The molecule has 8 nitrogen and oxygen atoms in total. The van der Waals surface area contributed by atoms with E-state index < -0.39 is 20.0 Å². The first-order valence-electron chi connectivity index (χ1n) is 12.0. The zero-order valence-corrected chi connectivity index (χ0v) is 24.7. The van der Waals surface area contributed by atoms with Gasteiger partial charge in [0, 0.05) is 29.7 Å². The van der Waals surface area contributed by atoms with Crippen LogP contribution in [0.15, 0.2) is 65.6 Å². The second-order valence-corrected chi connectivity index (χ2v) is 14.2. The molecule has 4 rings (SSSR count). The molecular formula is C26H26Cl3N3O5S2.